The standard InChI is InChI=1S/C17H15ClO2S/c18-15-6-2-5-14(9-15)17(19)11-21(20)16-8-7-12-3-1-4-13(12)10-16/h2,5-10H,1,3-4,11H2. The van der Waals surface area contributed by atoms with Gasteiger partial charge in [0.1, 0.15) is 0 Å². The molecule has 0 aromatic heterocycles. The van der Waals surface area contributed by atoms with E-state index >= 15 is 0 Å². The predicted molar refractivity (Wildman–Crippen MR) is 85.5 cm³/mol. The highest BCUT2D eigenvalue weighted by Crippen LogP contribution is 2.24. The first kappa shape index (κ1) is 14.5. The Morgan fingerprint density at radius 2 is 1.90 bits per heavy atom. The fourth-order valence-corrected chi connectivity index (χ4v) is 3.89. The van der Waals surface area contributed by atoms with Crippen molar-refractivity contribution < 1.29 is 9.00 Å². The molecule has 1 aliphatic carbocycles. The van der Waals surface area contributed by atoms with Crippen LogP contribution < -0.4 is 0 Å². The van der Waals surface area contributed by atoms with Gasteiger partial charge in [0.15, 0.2) is 5.78 Å². The lowest BCUT2D eigenvalue weighted by molar-refractivity contribution is 0.102. The molecular formula is C17H15ClO2S. The molecule has 4 heteroatoms. The first-order valence-electron chi connectivity index (χ1n) is 6.92. The molecule has 1 unspecified atom stereocenters. The number of carbonyl (C=O) groups excluding carboxylic acids is 1. The van der Waals surface area contributed by atoms with Crippen molar-refractivity contribution in [1.29, 1.82) is 0 Å². The Balaban J connectivity index is 1.76. The summed E-state index contributed by atoms with van der Waals surface area (Å²) in [5.41, 5.74) is 3.13. The average molecular weight is 319 g/mol. The van der Waals surface area contributed by atoms with E-state index in [1.54, 1.807) is 24.3 Å². The van der Waals surface area contributed by atoms with Crippen LogP contribution in [0.1, 0.15) is 27.9 Å². The lowest BCUT2D eigenvalue weighted by Gasteiger charge is -2.05. The summed E-state index contributed by atoms with van der Waals surface area (Å²) < 4.78 is 12.4. The highest BCUT2D eigenvalue weighted by atomic mass is 35.5. The summed E-state index contributed by atoms with van der Waals surface area (Å²) in [6.45, 7) is 0. The first-order valence-corrected chi connectivity index (χ1v) is 8.62. The van der Waals surface area contributed by atoms with Crippen molar-refractivity contribution in [2.75, 3.05) is 5.75 Å². The zero-order chi connectivity index (χ0) is 14.8. The van der Waals surface area contributed by atoms with Crippen molar-refractivity contribution in [3.8, 4) is 0 Å². The van der Waals surface area contributed by atoms with Crippen LogP contribution in [-0.2, 0) is 23.6 Å². The molecule has 0 aliphatic heterocycles. The van der Waals surface area contributed by atoms with E-state index in [-0.39, 0.29) is 11.5 Å². The quantitative estimate of drug-likeness (QED) is 0.803. The summed E-state index contributed by atoms with van der Waals surface area (Å²) in [5, 5.41) is 0.518. The van der Waals surface area contributed by atoms with Gasteiger partial charge in [0.2, 0.25) is 0 Å². The zero-order valence-electron chi connectivity index (χ0n) is 11.5. The number of halogens is 1. The van der Waals surface area contributed by atoms with Gasteiger partial charge >= 0.3 is 0 Å². The van der Waals surface area contributed by atoms with Gasteiger partial charge in [-0.05, 0) is 54.7 Å². The van der Waals surface area contributed by atoms with Gasteiger partial charge in [-0.25, -0.2) is 0 Å². The van der Waals surface area contributed by atoms with E-state index < -0.39 is 10.8 Å². The molecular weight excluding hydrogens is 304 g/mol. The zero-order valence-corrected chi connectivity index (χ0v) is 13.0. The van der Waals surface area contributed by atoms with Gasteiger partial charge in [0.25, 0.3) is 0 Å². The molecule has 0 fully saturated rings. The van der Waals surface area contributed by atoms with Gasteiger partial charge < -0.3 is 0 Å². The molecule has 0 N–H and O–H groups in total. The predicted octanol–water partition coefficient (Wildman–Crippen LogP) is 3.82. The molecule has 2 aromatic rings. The van der Waals surface area contributed by atoms with E-state index in [9.17, 15) is 9.00 Å². The summed E-state index contributed by atoms with van der Waals surface area (Å²) >= 11 is 5.88. The van der Waals surface area contributed by atoms with Crippen molar-refractivity contribution in [2.24, 2.45) is 0 Å². The maximum Gasteiger partial charge on any atom is 0.175 e. The third-order valence-electron chi connectivity index (χ3n) is 3.74. The molecule has 0 saturated heterocycles. The number of hydrogen-bond donors (Lipinski definition) is 0. The Kier molecular flexibility index (Phi) is 4.22. The molecule has 0 spiro atoms. The van der Waals surface area contributed by atoms with Gasteiger partial charge in [0.05, 0.1) is 16.6 Å². The number of benzene rings is 2. The monoisotopic (exact) mass is 318 g/mol. The lowest BCUT2D eigenvalue weighted by Crippen LogP contribution is -2.11. The molecule has 3 rings (SSSR count). The second-order valence-electron chi connectivity index (χ2n) is 5.21. The highest BCUT2D eigenvalue weighted by molar-refractivity contribution is 7.85. The topological polar surface area (TPSA) is 34.1 Å². The summed E-state index contributed by atoms with van der Waals surface area (Å²) in [5.74, 6) is -0.143. The fraction of sp³-hybridized carbons (Fsp3) is 0.235. The second kappa shape index (κ2) is 6.12. The van der Waals surface area contributed by atoms with E-state index in [0.717, 1.165) is 24.2 Å². The number of hydrogen-bond acceptors (Lipinski definition) is 2. The molecule has 0 heterocycles. The van der Waals surface area contributed by atoms with Gasteiger partial charge in [0, 0.05) is 15.5 Å². The molecule has 0 saturated carbocycles. The molecule has 1 aliphatic rings. The van der Waals surface area contributed by atoms with Gasteiger partial charge in [-0.3, -0.25) is 9.00 Å². The smallest absolute Gasteiger partial charge is 0.175 e. The van der Waals surface area contributed by atoms with Crippen molar-refractivity contribution >= 4 is 28.2 Å². The van der Waals surface area contributed by atoms with E-state index in [4.69, 9.17) is 11.6 Å². The van der Waals surface area contributed by atoms with Crippen LogP contribution in [0.2, 0.25) is 5.02 Å². The van der Waals surface area contributed by atoms with Gasteiger partial charge in [-0.1, -0.05) is 29.8 Å². The third kappa shape index (κ3) is 3.25. The minimum absolute atomic E-state index is 0.000864. The van der Waals surface area contributed by atoms with Crippen LogP contribution in [0.15, 0.2) is 47.4 Å². The molecule has 108 valence electrons. The SMILES string of the molecule is O=C(CS(=O)c1ccc2c(c1)CCC2)c1cccc(Cl)c1. The number of ketones is 1. The van der Waals surface area contributed by atoms with Gasteiger partial charge in [-0.15, -0.1) is 0 Å². The second-order valence-corrected chi connectivity index (χ2v) is 7.10. The van der Waals surface area contributed by atoms with Crippen LogP contribution in [0, 0.1) is 0 Å². The minimum atomic E-state index is -1.31. The van der Waals surface area contributed by atoms with Crippen molar-refractivity contribution in [3.05, 3.63) is 64.2 Å². The Morgan fingerprint density at radius 3 is 2.71 bits per heavy atom. The summed E-state index contributed by atoms with van der Waals surface area (Å²) in [7, 11) is -1.31. The molecule has 21 heavy (non-hydrogen) atoms. The Morgan fingerprint density at radius 1 is 1.10 bits per heavy atom. The Bertz CT molecular complexity index is 724. The van der Waals surface area contributed by atoms with E-state index in [1.807, 2.05) is 18.2 Å². The van der Waals surface area contributed by atoms with Gasteiger partial charge in [-0.2, -0.15) is 0 Å². The molecule has 0 amide bonds. The number of aryl methyl sites for hydroxylation is 2. The molecule has 2 nitrogen and oxygen atoms in total. The van der Waals surface area contributed by atoms with Crippen molar-refractivity contribution in [3.63, 3.8) is 0 Å². The van der Waals surface area contributed by atoms with Crippen LogP contribution >= 0.6 is 11.6 Å². The average Bonchev–Trinajstić information content (AvgIpc) is 2.94. The largest absolute Gasteiger partial charge is 0.293 e. The highest BCUT2D eigenvalue weighted by Gasteiger charge is 2.16. The fourth-order valence-electron chi connectivity index (χ4n) is 2.64. The lowest BCUT2D eigenvalue weighted by atomic mass is 10.1. The van der Waals surface area contributed by atoms with E-state index in [2.05, 4.69) is 0 Å². The van der Waals surface area contributed by atoms with E-state index in [0.29, 0.717) is 10.6 Å². The van der Waals surface area contributed by atoms with Crippen LogP contribution in [0.5, 0.6) is 0 Å². The van der Waals surface area contributed by atoms with Crippen LogP contribution in [-0.4, -0.2) is 15.7 Å². The number of fused-ring (bicyclic) bond motifs is 1. The van der Waals surface area contributed by atoms with Crippen LogP contribution in [0.25, 0.3) is 0 Å². The summed E-state index contributed by atoms with van der Waals surface area (Å²) in [4.78, 5) is 12.9. The maximum atomic E-state index is 12.4. The Labute approximate surface area is 131 Å². The van der Waals surface area contributed by atoms with E-state index in [1.165, 1.54) is 11.1 Å². The van der Waals surface area contributed by atoms with Crippen LogP contribution in [0.3, 0.4) is 0 Å². The normalized spacial score (nSPS) is 14.7. The molecule has 2 aromatic carbocycles. The number of carbonyl (C=O) groups is 1. The minimum Gasteiger partial charge on any atom is -0.293 e. The number of rotatable bonds is 4. The van der Waals surface area contributed by atoms with Crippen molar-refractivity contribution in [2.45, 2.75) is 24.2 Å². The summed E-state index contributed by atoms with van der Waals surface area (Å²) in [6, 6.07) is 12.7. The molecule has 0 bridgehead atoms. The van der Waals surface area contributed by atoms with Crippen molar-refractivity contribution in [1.82, 2.24) is 0 Å². The number of Topliss-reactive ketones (excluding diaryl/α,β-unsaturated/α-hetero) is 1. The Hall–Kier alpha value is -1.45. The molecule has 1 atom stereocenters. The summed E-state index contributed by atoms with van der Waals surface area (Å²) in [6.07, 6.45) is 3.30. The van der Waals surface area contributed by atoms with Crippen LogP contribution in [0.4, 0.5) is 0 Å². The third-order valence-corrected chi connectivity index (χ3v) is 5.28. The first-order chi connectivity index (χ1) is 10.1. The maximum absolute atomic E-state index is 12.4. The molecule has 0 radical (unpaired) electrons.